The smallest absolute Gasteiger partial charge is 0.294 e. The lowest BCUT2D eigenvalue weighted by Gasteiger charge is -2.12. The van der Waals surface area contributed by atoms with Crippen LogP contribution < -0.4 is 5.32 Å². The molecule has 3 amide bonds. The van der Waals surface area contributed by atoms with Gasteiger partial charge in [-0.25, -0.2) is 0 Å². The van der Waals surface area contributed by atoms with Crippen LogP contribution in [-0.4, -0.2) is 38.3 Å². The van der Waals surface area contributed by atoms with Gasteiger partial charge in [-0.05, 0) is 43.1 Å². The Hall–Kier alpha value is -2.39. The Labute approximate surface area is 152 Å². The van der Waals surface area contributed by atoms with Crippen molar-refractivity contribution in [2.45, 2.75) is 13.8 Å². The van der Waals surface area contributed by atoms with Crippen LogP contribution in [0.3, 0.4) is 0 Å². The van der Waals surface area contributed by atoms with E-state index in [-0.39, 0.29) is 6.54 Å². The molecule has 0 aliphatic carbocycles. The topological polar surface area (TPSA) is 84.3 Å². The second kappa shape index (κ2) is 6.85. The highest BCUT2D eigenvalue weighted by molar-refractivity contribution is 8.18. The highest BCUT2D eigenvalue weighted by atomic mass is 32.2. The first-order chi connectivity index (χ1) is 11.9. The minimum atomic E-state index is -0.446. The number of imide groups is 1. The molecular weight excluding hydrogens is 360 g/mol. The van der Waals surface area contributed by atoms with E-state index in [1.165, 1.54) is 11.3 Å². The van der Waals surface area contributed by atoms with E-state index in [1.807, 2.05) is 24.4 Å². The van der Waals surface area contributed by atoms with Gasteiger partial charge in [-0.2, -0.15) is 5.10 Å². The number of thioether (sulfide) groups is 1. The fraction of sp³-hybridized carbons (Fsp3) is 0.250. The number of hydrogen-bond donors (Lipinski definition) is 1. The zero-order valence-electron chi connectivity index (χ0n) is 13.9. The van der Waals surface area contributed by atoms with E-state index in [2.05, 4.69) is 10.4 Å². The van der Waals surface area contributed by atoms with Crippen LogP contribution in [0.2, 0.25) is 0 Å². The maximum Gasteiger partial charge on any atom is 0.294 e. The number of nitrogens with one attached hydrogen (secondary N) is 1. The molecule has 0 saturated carbocycles. The Morgan fingerprint density at radius 1 is 1.36 bits per heavy atom. The fourth-order valence-corrected chi connectivity index (χ4v) is 3.98. The molecule has 2 aromatic heterocycles. The zero-order chi connectivity index (χ0) is 18.1. The van der Waals surface area contributed by atoms with Crippen molar-refractivity contribution in [1.29, 1.82) is 0 Å². The van der Waals surface area contributed by atoms with E-state index in [0.717, 1.165) is 27.2 Å². The monoisotopic (exact) mass is 376 g/mol. The van der Waals surface area contributed by atoms with Gasteiger partial charge in [0.25, 0.3) is 11.1 Å². The minimum absolute atomic E-state index is 0.319. The van der Waals surface area contributed by atoms with Crippen LogP contribution in [0.1, 0.15) is 16.3 Å². The molecule has 1 saturated heterocycles. The molecule has 7 nitrogen and oxygen atoms in total. The molecule has 1 N–H and O–H groups in total. The number of rotatable bonds is 4. The molecule has 0 unspecified atom stereocenters. The van der Waals surface area contributed by atoms with Crippen molar-refractivity contribution in [1.82, 2.24) is 14.7 Å². The molecule has 2 aromatic rings. The van der Waals surface area contributed by atoms with Crippen molar-refractivity contribution in [3.63, 3.8) is 0 Å². The molecular formula is C16H16N4O3S2. The number of aromatic nitrogens is 2. The maximum absolute atomic E-state index is 12.4. The highest BCUT2D eigenvalue weighted by Gasteiger charge is 2.36. The Morgan fingerprint density at radius 3 is 2.72 bits per heavy atom. The second-order valence-electron chi connectivity index (χ2n) is 5.50. The molecule has 9 heteroatoms. The average Bonchev–Trinajstić information content (AvgIpc) is 3.21. The minimum Gasteiger partial charge on any atom is -0.321 e. The summed E-state index contributed by atoms with van der Waals surface area (Å²) in [6.45, 7) is 3.30. The summed E-state index contributed by atoms with van der Waals surface area (Å²) in [5.74, 6) is -0.878. The Balaban J connectivity index is 1.71. The van der Waals surface area contributed by atoms with Gasteiger partial charge in [0.05, 0.1) is 22.0 Å². The molecule has 0 spiro atoms. The zero-order valence-corrected chi connectivity index (χ0v) is 15.5. The number of aryl methyl sites for hydroxylation is 2. The van der Waals surface area contributed by atoms with E-state index < -0.39 is 17.1 Å². The van der Waals surface area contributed by atoms with Gasteiger partial charge >= 0.3 is 0 Å². The van der Waals surface area contributed by atoms with E-state index >= 15 is 0 Å². The largest absolute Gasteiger partial charge is 0.321 e. The molecule has 1 aliphatic heterocycles. The maximum atomic E-state index is 12.4. The van der Waals surface area contributed by atoms with Gasteiger partial charge in [0.2, 0.25) is 5.91 Å². The number of anilines is 1. The van der Waals surface area contributed by atoms with Crippen molar-refractivity contribution in [3.05, 3.63) is 38.7 Å². The molecule has 130 valence electrons. The number of nitrogens with zero attached hydrogens (tertiary/aromatic N) is 3. The molecule has 0 bridgehead atoms. The standard InChI is InChI=1S/C16H16N4O3S2/c1-9-14(10(2)19(3)18-9)17-13(21)8-20-15(22)12(25-16(20)23)7-11-5-4-6-24-11/h4-7H,8H2,1-3H3,(H,17,21)/b12-7+. The normalized spacial score (nSPS) is 16.1. The van der Waals surface area contributed by atoms with Crippen molar-refractivity contribution < 1.29 is 14.4 Å². The van der Waals surface area contributed by atoms with E-state index in [9.17, 15) is 14.4 Å². The molecule has 1 aliphatic rings. The lowest BCUT2D eigenvalue weighted by atomic mass is 10.3. The van der Waals surface area contributed by atoms with E-state index in [1.54, 1.807) is 24.7 Å². The Morgan fingerprint density at radius 2 is 2.12 bits per heavy atom. The van der Waals surface area contributed by atoms with Crippen molar-refractivity contribution in [2.24, 2.45) is 7.05 Å². The Kier molecular flexibility index (Phi) is 4.78. The van der Waals surface area contributed by atoms with Crippen LogP contribution in [0.15, 0.2) is 22.4 Å². The highest BCUT2D eigenvalue weighted by Crippen LogP contribution is 2.32. The lowest BCUT2D eigenvalue weighted by Crippen LogP contribution is -2.36. The number of hydrogen-bond acceptors (Lipinski definition) is 6. The van der Waals surface area contributed by atoms with Gasteiger partial charge < -0.3 is 5.32 Å². The van der Waals surface area contributed by atoms with Crippen LogP contribution in [0, 0.1) is 13.8 Å². The first-order valence-electron chi connectivity index (χ1n) is 7.45. The average molecular weight is 376 g/mol. The van der Waals surface area contributed by atoms with Crippen LogP contribution in [-0.2, 0) is 16.6 Å². The van der Waals surface area contributed by atoms with E-state index in [4.69, 9.17) is 0 Å². The number of carbonyl (C=O) groups excluding carboxylic acids is 3. The molecule has 3 heterocycles. The Bertz CT molecular complexity index is 884. The molecule has 0 radical (unpaired) electrons. The molecule has 25 heavy (non-hydrogen) atoms. The third-order valence-corrected chi connectivity index (χ3v) is 5.49. The summed E-state index contributed by atoms with van der Waals surface area (Å²) in [5.41, 5.74) is 2.09. The first kappa shape index (κ1) is 17.4. The van der Waals surface area contributed by atoms with Gasteiger partial charge in [-0.15, -0.1) is 11.3 Å². The summed E-state index contributed by atoms with van der Waals surface area (Å²) in [7, 11) is 1.78. The third kappa shape index (κ3) is 3.52. The predicted octanol–water partition coefficient (Wildman–Crippen LogP) is 2.77. The second-order valence-corrected chi connectivity index (χ2v) is 7.47. The third-order valence-electron chi connectivity index (χ3n) is 3.77. The van der Waals surface area contributed by atoms with Crippen molar-refractivity contribution in [3.8, 4) is 0 Å². The van der Waals surface area contributed by atoms with Crippen molar-refractivity contribution >= 4 is 51.9 Å². The molecule has 3 rings (SSSR count). The summed E-state index contributed by atoms with van der Waals surface area (Å²) in [4.78, 5) is 38.9. The van der Waals surface area contributed by atoms with Gasteiger partial charge in [0, 0.05) is 11.9 Å². The number of thiophene rings is 1. The van der Waals surface area contributed by atoms with Crippen molar-refractivity contribution in [2.75, 3.05) is 11.9 Å². The fourth-order valence-electron chi connectivity index (χ4n) is 2.42. The van der Waals surface area contributed by atoms with Gasteiger partial charge in [0.1, 0.15) is 6.54 Å². The van der Waals surface area contributed by atoms with Gasteiger partial charge in [0.15, 0.2) is 0 Å². The molecule has 1 fully saturated rings. The summed E-state index contributed by atoms with van der Waals surface area (Å²) in [6, 6.07) is 3.73. The number of carbonyl (C=O) groups is 3. The SMILES string of the molecule is Cc1nn(C)c(C)c1NC(=O)CN1C(=O)S/C(=C/c2cccs2)C1=O. The van der Waals surface area contributed by atoms with E-state index in [0.29, 0.717) is 16.3 Å². The summed E-state index contributed by atoms with van der Waals surface area (Å²) in [6.07, 6.45) is 1.67. The van der Waals surface area contributed by atoms with Crippen LogP contribution in [0.4, 0.5) is 10.5 Å². The van der Waals surface area contributed by atoms with Crippen LogP contribution >= 0.6 is 23.1 Å². The number of amides is 3. The van der Waals surface area contributed by atoms with Crippen LogP contribution in [0.5, 0.6) is 0 Å². The first-order valence-corrected chi connectivity index (χ1v) is 9.15. The van der Waals surface area contributed by atoms with Gasteiger partial charge in [-0.1, -0.05) is 6.07 Å². The quantitative estimate of drug-likeness (QED) is 0.830. The molecule has 0 atom stereocenters. The van der Waals surface area contributed by atoms with Crippen LogP contribution in [0.25, 0.3) is 6.08 Å². The molecule has 0 aromatic carbocycles. The van der Waals surface area contributed by atoms with Gasteiger partial charge in [-0.3, -0.25) is 24.0 Å². The summed E-state index contributed by atoms with van der Waals surface area (Å²) < 4.78 is 1.66. The summed E-state index contributed by atoms with van der Waals surface area (Å²) >= 11 is 2.32. The lowest BCUT2D eigenvalue weighted by molar-refractivity contribution is -0.127. The summed E-state index contributed by atoms with van der Waals surface area (Å²) in [5, 5.41) is 8.40. The predicted molar refractivity (Wildman–Crippen MR) is 98.3 cm³/mol.